The normalized spacial score (nSPS) is 9.90. The SMILES string of the molecule is Cc1cc(C)c(C)c(N)n1. The van der Waals surface area contributed by atoms with Gasteiger partial charge in [0.15, 0.2) is 0 Å². The molecular formula is C8H12N2. The van der Waals surface area contributed by atoms with Gasteiger partial charge in [0.25, 0.3) is 0 Å². The summed E-state index contributed by atoms with van der Waals surface area (Å²) < 4.78 is 0. The van der Waals surface area contributed by atoms with E-state index in [9.17, 15) is 0 Å². The van der Waals surface area contributed by atoms with E-state index >= 15 is 0 Å². The highest BCUT2D eigenvalue weighted by Crippen LogP contribution is 2.12. The zero-order valence-electron chi connectivity index (χ0n) is 6.60. The maximum atomic E-state index is 5.61. The molecule has 0 fully saturated rings. The third-order valence-electron chi connectivity index (χ3n) is 1.70. The maximum Gasteiger partial charge on any atom is 0.126 e. The van der Waals surface area contributed by atoms with Crippen LogP contribution in [0.4, 0.5) is 5.82 Å². The largest absolute Gasteiger partial charge is 0.383 e. The van der Waals surface area contributed by atoms with Crippen LogP contribution in [0.1, 0.15) is 16.8 Å². The third-order valence-corrected chi connectivity index (χ3v) is 1.70. The van der Waals surface area contributed by atoms with Crippen molar-refractivity contribution in [3.8, 4) is 0 Å². The second-order valence-corrected chi connectivity index (χ2v) is 2.59. The summed E-state index contributed by atoms with van der Waals surface area (Å²) in [5, 5.41) is 0. The van der Waals surface area contributed by atoms with Crippen LogP contribution in [0.3, 0.4) is 0 Å². The molecule has 0 saturated heterocycles. The van der Waals surface area contributed by atoms with E-state index in [1.165, 1.54) is 5.56 Å². The summed E-state index contributed by atoms with van der Waals surface area (Å²) in [5.74, 6) is 0.650. The molecule has 0 spiro atoms. The van der Waals surface area contributed by atoms with E-state index in [0.29, 0.717) is 5.82 Å². The van der Waals surface area contributed by atoms with Crippen LogP contribution in [0.25, 0.3) is 0 Å². The number of nitrogens with zero attached hydrogens (tertiary/aromatic N) is 1. The van der Waals surface area contributed by atoms with Crippen molar-refractivity contribution in [2.45, 2.75) is 20.8 Å². The summed E-state index contributed by atoms with van der Waals surface area (Å²) in [4.78, 5) is 4.11. The van der Waals surface area contributed by atoms with Gasteiger partial charge in [0.1, 0.15) is 5.82 Å². The van der Waals surface area contributed by atoms with Crippen molar-refractivity contribution in [2.24, 2.45) is 0 Å². The molecule has 0 aliphatic rings. The lowest BCUT2D eigenvalue weighted by Crippen LogP contribution is -1.97. The molecule has 2 nitrogen and oxygen atoms in total. The van der Waals surface area contributed by atoms with Crippen molar-refractivity contribution in [2.75, 3.05) is 5.73 Å². The number of aryl methyl sites for hydroxylation is 2. The molecule has 0 radical (unpaired) electrons. The molecule has 0 unspecified atom stereocenters. The van der Waals surface area contributed by atoms with E-state index in [0.717, 1.165) is 11.3 Å². The van der Waals surface area contributed by atoms with E-state index in [-0.39, 0.29) is 0 Å². The van der Waals surface area contributed by atoms with E-state index < -0.39 is 0 Å². The van der Waals surface area contributed by atoms with Gasteiger partial charge in [-0.3, -0.25) is 0 Å². The van der Waals surface area contributed by atoms with Gasteiger partial charge in [0.05, 0.1) is 0 Å². The molecule has 1 aromatic heterocycles. The first-order valence-corrected chi connectivity index (χ1v) is 3.31. The van der Waals surface area contributed by atoms with Gasteiger partial charge in [-0.15, -0.1) is 0 Å². The van der Waals surface area contributed by atoms with Crippen molar-refractivity contribution < 1.29 is 0 Å². The molecule has 1 aromatic rings. The Labute approximate surface area is 61.1 Å². The highest BCUT2D eigenvalue weighted by molar-refractivity contribution is 5.44. The molecule has 0 atom stereocenters. The van der Waals surface area contributed by atoms with Crippen molar-refractivity contribution in [3.63, 3.8) is 0 Å². The van der Waals surface area contributed by atoms with E-state index in [4.69, 9.17) is 5.73 Å². The molecule has 0 bridgehead atoms. The van der Waals surface area contributed by atoms with Gasteiger partial charge in [-0.05, 0) is 38.0 Å². The Morgan fingerprint density at radius 2 is 1.90 bits per heavy atom. The molecule has 1 heterocycles. The van der Waals surface area contributed by atoms with Gasteiger partial charge >= 0.3 is 0 Å². The van der Waals surface area contributed by atoms with Crippen molar-refractivity contribution >= 4 is 5.82 Å². The fraction of sp³-hybridized carbons (Fsp3) is 0.375. The van der Waals surface area contributed by atoms with Crippen LogP contribution >= 0.6 is 0 Å². The number of pyridine rings is 1. The molecule has 0 saturated carbocycles. The second-order valence-electron chi connectivity index (χ2n) is 2.59. The number of anilines is 1. The first-order valence-electron chi connectivity index (χ1n) is 3.31. The average Bonchev–Trinajstić information content (AvgIpc) is 1.82. The van der Waals surface area contributed by atoms with Crippen LogP contribution in [0.5, 0.6) is 0 Å². The number of aromatic nitrogens is 1. The van der Waals surface area contributed by atoms with Crippen LogP contribution in [0.15, 0.2) is 6.07 Å². The molecule has 0 aromatic carbocycles. The fourth-order valence-corrected chi connectivity index (χ4v) is 0.930. The van der Waals surface area contributed by atoms with Gasteiger partial charge in [0, 0.05) is 5.69 Å². The van der Waals surface area contributed by atoms with Gasteiger partial charge in [-0.2, -0.15) is 0 Å². The van der Waals surface area contributed by atoms with Crippen LogP contribution in [-0.2, 0) is 0 Å². The second kappa shape index (κ2) is 2.29. The Bertz CT molecular complexity index is 230. The van der Waals surface area contributed by atoms with Crippen LogP contribution in [0, 0.1) is 20.8 Å². The molecule has 10 heavy (non-hydrogen) atoms. The standard InChI is InChI=1S/C8H12N2/c1-5-4-6(2)10-8(9)7(5)3/h4H,1-3H3,(H2,9,10). The Balaban J connectivity index is 3.31. The molecular weight excluding hydrogens is 124 g/mol. The average molecular weight is 136 g/mol. The summed E-state index contributed by atoms with van der Waals surface area (Å²) in [6.45, 7) is 5.97. The number of hydrogen-bond acceptors (Lipinski definition) is 2. The first kappa shape index (κ1) is 7.06. The first-order chi connectivity index (χ1) is 4.61. The molecule has 1 rings (SSSR count). The zero-order valence-corrected chi connectivity index (χ0v) is 6.60. The molecule has 54 valence electrons. The van der Waals surface area contributed by atoms with E-state index in [1.54, 1.807) is 0 Å². The number of rotatable bonds is 0. The van der Waals surface area contributed by atoms with Crippen molar-refractivity contribution in [3.05, 3.63) is 22.9 Å². The smallest absolute Gasteiger partial charge is 0.126 e. The van der Waals surface area contributed by atoms with E-state index in [1.807, 2.05) is 26.8 Å². The molecule has 0 amide bonds. The van der Waals surface area contributed by atoms with Crippen LogP contribution in [0.2, 0.25) is 0 Å². The summed E-state index contributed by atoms with van der Waals surface area (Å²) in [5.41, 5.74) is 8.90. The van der Waals surface area contributed by atoms with Gasteiger partial charge < -0.3 is 5.73 Å². The minimum absolute atomic E-state index is 0.650. The third kappa shape index (κ3) is 1.10. The Kier molecular flexibility index (Phi) is 1.62. The van der Waals surface area contributed by atoms with Gasteiger partial charge in [0.2, 0.25) is 0 Å². The maximum absolute atomic E-state index is 5.61. The number of hydrogen-bond donors (Lipinski definition) is 1. The topological polar surface area (TPSA) is 38.9 Å². The number of nitrogens with two attached hydrogens (primary N) is 1. The predicted molar refractivity (Wildman–Crippen MR) is 42.9 cm³/mol. The van der Waals surface area contributed by atoms with Crippen molar-refractivity contribution in [1.29, 1.82) is 0 Å². The van der Waals surface area contributed by atoms with Crippen LogP contribution < -0.4 is 5.73 Å². The Morgan fingerprint density at radius 1 is 1.30 bits per heavy atom. The zero-order chi connectivity index (χ0) is 7.72. The molecule has 2 N–H and O–H groups in total. The Hall–Kier alpha value is -1.05. The lowest BCUT2D eigenvalue weighted by Gasteiger charge is -2.03. The lowest BCUT2D eigenvalue weighted by atomic mass is 10.1. The quantitative estimate of drug-likeness (QED) is 0.588. The van der Waals surface area contributed by atoms with Gasteiger partial charge in [-0.25, -0.2) is 4.98 Å². The summed E-state index contributed by atoms with van der Waals surface area (Å²) in [6.07, 6.45) is 0. The predicted octanol–water partition coefficient (Wildman–Crippen LogP) is 1.59. The highest BCUT2D eigenvalue weighted by atomic mass is 14.8. The summed E-state index contributed by atoms with van der Waals surface area (Å²) >= 11 is 0. The summed E-state index contributed by atoms with van der Waals surface area (Å²) in [6, 6.07) is 2.03. The molecule has 0 aliphatic carbocycles. The molecule has 0 aliphatic heterocycles. The highest BCUT2D eigenvalue weighted by Gasteiger charge is 1.98. The summed E-state index contributed by atoms with van der Waals surface area (Å²) in [7, 11) is 0. The Morgan fingerprint density at radius 3 is 2.40 bits per heavy atom. The number of nitrogen functional groups attached to an aromatic ring is 1. The minimum atomic E-state index is 0.650. The monoisotopic (exact) mass is 136 g/mol. The van der Waals surface area contributed by atoms with Crippen LogP contribution in [-0.4, -0.2) is 4.98 Å². The lowest BCUT2D eigenvalue weighted by molar-refractivity contribution is 1.15. The van der Waals surface area contributed by atoms with Crippen molar-refractivity contribution in [1.82, 2.24) is 4.98 Å². The fourth-order valence-electron chi connectivity index (χ4n) is 0.930. The molecule has 2 heteroatoms. The van der Waals surface area contributed by atoms with Gasteiger partial charge in [-0.1, -0.05) is 0 Å². The van der Waals surface area contributed by atoms with E-state index in [2.05, 4.69) is 4.98 Å². The minimum Gasteiger partial charge on any atom is -0.383 e.